The second kappa shape index (κ2) is 9.46. The Kier molecular flexibility index (Phi) is 6.09. The number of piperazine rings is 1. The van der Waals surface area contributed by atoms with E-state index >= 15 is 0 Å². The Balaban J connectivity index is 1.28. The summed E-state index contributed by atoms with van der Waals surface area (Å²) >= 11 is 0. The van der Waals surface area contributed by atoms with Crippen LogP contribution in [0.2, 0.25) is 0 Å². The fourth-order valence-corrected chi connectivity index (χ4v) is 4.55. The molecule has 0 atom stereocenters. The first kappa shape index (κ1) is 21.2. The predicted molar refractivity (Wildman–Crippen MR) is 131 cm³/mol. The number of carbonyl (C=O) groups is 1. The number of hydrogen-bond donors (Lipinski definition) is 1. The lowest BCUT2D eigenvalue weighted by molar-refractivity contribution is -0.137. The van der Waals surface area contributed by atoms with E-state index in [1.165, 1.54) is 11.3 Å². The first-order valence-corrected chi connectivity index (χ1v) is 11.5. The molecule has 1 fully saturated rings. The van der Waals surface area contributed by atoms with E-state index < -0.39 is 5.97 Å². The molecule has 0 aliphatic carbocycles. The minimum absolute atomic E-state index is 0.0698. The van der Waals surface area contributed by atoms with E-state index in [4.69, 9.17) is 4.98 Å². The van der Waals surface area contributed by atoms with Gasteiger partial charge in [-0.05, 0) is 29.8 Å². The van der Waals surface area contributed by atoms with Gasteiger partial charge in [-0.15, -0.1) is 0 Å². The fraction of sp³-hybridized carbons (Fsp3) is 0.259. The van der Waals surface area contributed by atoms with Gasteiger partial charge in [0.05, 0.1) is 17.5 Å². The van der Waals surface area contributed by atoms with Crippen LogP contribution in [0.15, 0.2) is 78.9 Å². The number of aryl methyl sites for hydroxylation is 1. The number of para-hydroxylation sites is 3. The molecule has 0 saturated carbocycles. The van der Waals surface area contributed by atoms with Gasteiger partial charge in [-0.3, -0.25) is 9.69 Å². The predicted octanol–water partition coefficient (Wildman–Crippen LogP) is 4.50. The summed E-state index contributed by atoms with van der Waals surface area (Å²) in [5.74, 6) is 0.0157. The largest absolute Gasteiger partial charge is 0.481 e. The average Bonchev–Trinajstić information content (AvgIpc) is 3.23. The third-order valence-corrected chi connectivity index (χ3v) is 6.32. The number of anilines is 1. The molecule has 6 heteroatoms. The monoisotopic (exact) mass is 440 g/mol. The molecule has 4 aromatic rings. The van der Waals surface area contributed by atoms with Gasteiger partial charge in [0, 0.05) is 50.5 Å². The van der Waals surface area contributed by atoms with Crippen molar-refractivity contribution in [2.45, 2.75) is 19.5 Å². The van der Waals surface area contributed by atoms with E-state index in [1.807, 2.05) is 28.8 Å². The highest BCUT2D eigenvalue weighted by atomic mass is 16.4. The van der Waals surface area contributed by atoms with Gasteiger partial charge in [0.25, 0.3) is 0 Å². The second-order valence-electron chi connectivity index (χ2n) is 8.52. The molecular formula is C27H28N4O2. The quantitative estimate of drug-likeness (QED) is 0.459. The molecule has 5 rings (SSSR count). The van der Waals surface area contributed by atoms with Crippen LogP contribution in [0.4, 0.5) is 5.69 Å². The molecule has 3 aromatic carbocycles. The maximum Gasteiger partial charge on any atom is 0.305 e. The third kappa shape index (κ3) is 4.76. The molecular weight excluding hydrogens is 412 g/mol. The van der Waals surface area contributed by atoms with Gasteiger partial charge >= 0.3 is 5.97 Å². The van der Waals surface area contributed by atoms with Gasteiger partial charge in [0.15, 0.2) is 0 Å². The Morgan fingerprint density at radius 1 is 0.848 bits per heavy atom. The van der Waals surface area contributed by atoms with Crippen molar-refractivity contribution >= 4 is 22.7 Å². The van der Waals surface area contributed by atoms with Crippen LogP contribution in [0, 0.1) is 0 Å². The minimum atomic E-state index is -0.804. The molecule has 6 nitrogen and oxygen atoms in total. The van der Waals surface area contributed by atoms with Gasteiger partial charge in [0.2, 0.25) is 0 Å². The molecule has 33 heavy (non-hydrogen) atoms. The van der Waals surface area contributed by atoms with Gasteiger partial charge < -0.3 is 14.6 Å². The summed E-state index contributed by atoms with van der Waals surface area (Å²) in [4.78, 5) is 20.9. The summed E-state index contributed by atoms with van der Waals surface area (Å²) < 4.78 is 2.02. The summed E-state index contributed by atoms with van der Waals surface area (Å²) in [5.41, 5.74) is 5.44. The van der Waals surface area contributed by atoms with Crippen LogP contribution in [0.1, 0.15) is 12.0 Å². The fourth-order valence-electron chi connectivity index (χ4n) is 4.55. The van der Waals surface area contributed by atoms with Crippen molar-refractivity contribution in [3.8, 4) is 11.4 Å². The summed E-state index contributed by atoms with van der Waals surface area (Å²) in [6.07, 6.45) is 0.0698. The highest BCUT2D eigenvalue weighted by Crippen LogP contribution is 2.26. The summed E-state index contributed by atoms with van der Waals surface area (Å²) in [6, 6.07) is 27.0. The molecule has 0 unspecified atom stereocenters. The Labute approximate surface area is 193 Å². The Morgan fingerprint density at radius 3 is 2.27 bits per heavy atom. The number of benzene rings is 3. The average molecular weight is 441 g/mol. The number of imidazole rings is 1. The molecule has 1 N–H and O–H groups in total. The number of aromatic nitrogens is 2. The zero-order valence-corrected chi connectivity index (χ0v) is 18.6. The number of rotatable bonds is 7. The summed E-state index contributed by atoms with van der Waals surface area (Å²) in [6.45, 7) is 5.49. The van der Waals surface area contributed by atoms with E-state index in [0.717, 1.165) is 55.1 Å². The van der Waals surface area contributed by atoms with Crippen molar-refractivity contribution in [1.29, 1.82) is 0 Å². The van der Waals surface area contributed by atoms with E-state index in [9.17, 15) is 9.90 Å². The van der Waals surface area contributed by atoms with Gasteiger partial charge in [-0.1, -0.05) is 54.6 Å². The molecule has 1 saturated heterocycles. The number of hydrogen-bond acceptors (Lipinski definition) is 4. The standard InChI is InChI=1S/C27H28N4O2/c32-26(33)14-15-31-25-9-5-4-8-24(25)28-27(31)22-12-10-21(11-13-22)20-29-16-18-30(19-17-29)23-6-2-1-3-7-23/h1-13H,14-20H2,(H,32,33). The van der Waals surface area contributed by atoms with Crippen molar-refractivity contribution in [3.05, 3.63) is 84.4 Å². The van der Waals surface area contributed by atoms with Crippen LogP contribution in [-0.4, -0.2) is 51.7 Å². The van der Waals surface area contributed by atoms with Crippen LogP contribution < -0.4 is 4.90 Å². The highest BCUT2D eigenvalue weighted by molar-refractivity contribution is 5.81. The van der Waals surface area contributed by atoms with E-state index in [1.54, 1.807) is 0 Å². The van der Waals surface area contributed by atoms with Crippen LogP contribution in [-0.2, 0) is 17.9 Å². The van der Waals surface area contributed by atoms with E-state index in [2.05, 4.69) is 64.4 Å². The van der Waals surface area contributed by atoms with E-state index in [0.29, 0.717) is 6.54 Å². The molecule has 0 bridgehead atoms. The van der Waals surface area contributed by atoms with Crippen molar-refractivity contribution < 1.29 is 9.90 Å². The maximum absolute atomic E-state index is 11.2. The van der Waals surface area contributed by atoms with Crippen molar-refractivity contribution in [2.24, 2.45) is 0 Å². The number of carboxylic acid groups (broad SMARTS) is 1. The smallest absolute Gasteiger partial charge is 0.305 e. The van der Waals surface area contributed by atoms with Gasteiger partial charge in [-0.25, -0.2) is 4.98 Å². The third-order valence-electron chi connectivity index (χ3n) is 6.32. The zero-order valence-electron chi connectivity index (χ0n) is 18.6. The highest BCUT2D eigenvalue weighted by Gasteiger charge is 2.18. The maximum atomic E-state index is 11.2. The Morgan fingerprint density at radius 2 is 1.55 bits per heavy atom. The lowest BCUT2D eigenvalue weighted by atomic mass is 10.1. The van der Waals surface area contributed by atoms with E-state index in [-0.39, 0.29) is 6.42 Å². The minimum Gasteiger partial charge on any atom is -0.481 e. The van der Waals surface area contributed by atoms with Gasteiger partial charge in [0.1, 0.15) is 5.82 Å². The Hall–Kier alpha value is -3.64. The molecule has 1 aliphatic rings. The van der Waals surface area contributed by atoms with Crippen LogP contribution >= 0.6 is 0 Å². The first-order chi connectivity index (χ1) is 16.2. The van der Waals surface area contributed by atoms with Crippen molar-refractivity contribution in [1.82, 2.24) is 14.5 Å². The molecule has 0 amide bonds. The number of aliphatic carboxylic acids is 1. The van der Waals surface area contributed by atoms with Crippen LogP contribution in [0.3, 0.4) is 0 Å². The first-order valence-electron chi connectivity index (χ1n) is 11.5. The van der Waals surface area contributed by atoms with Crippen LogP contribution in [0.5, 0.6) is 0 Å². The summed E-state index contributed by atoms with van der Waals surface area (Å²) in [7, 11) is 0. The number of fused-ring (bicyclic) bond motifs is 1. The normalized spacial score (nSPS) is 14.6. The number of nitrogens with zero attached hydrogens (tertiary/aromatic N) is 4. The lowest BCUT2D eigenvalue weighted by Gasteiger charge is -2.36. The SMILES string of the molecule is O=C(O)CCn1c(-c2ccc(CN3CCN(c4ccccc4)CC3)cc2)nc2ccccc21. The zero-order chi connectivity index (χ0) is 22.6. The molecule has 1 aromatic heterocycles. The topological polar surface area (TPSA) is 61.6 Å². The Bertz CT molecular complexity index is 1230. The lowest BCUT2D eigenvalue weighted by Crippen LogP contribution is -2.45. The van der Waals surface area contributed by atoms with Crippen LogP contribution in [0.25, 0.3) is 22.4 Å². The molecule has 0 spiro atoms. The molecule has 2 heterocycles. The molecule has 168 valence electrons. The molecule has 0 radical (unpaired) electrons. The number of carboxylic acids is 1. The van der Waals surface area contributed by atoms with Gasteiger partial charge in [-0.2, -0.15) is 0 Å². The van der Waals surface area contributed by atoms with Crippen molar-refractivity contribution in [3.63, 3.8) is 0 Å². The van der Waals surface area contributed by atoms with Crippen molar-refractivity contribution in [2.75, 3.05) is 31.1 Å². The summed E-state index contributed by atoms with van der Waals surface area (Å²) in [5, 5.41) is 9.18. The molecule has 1 aliphatic heterocycles. The second-order valence-corrected chi connectivity index (χ2v) is 8.52.